The van der Waals surface area contributed by atoms with Gasteiger partial charge in [0, 0.05) is 44.1 Å². The fourth-order valence-corrected chi connectivity index (χ4v) is 4.62. The van der Waals surface area contributed by atoms with E-state index in [2.05, 4.69) is 47.2 Å². The summed E-state index contributed by atoms with van der Waals surface area (Å²) >= 11 is 3.17. The number of nitrogens with zero attached hydrogens (tertiary/aromatic N) is 2. The van der Waals surface area contributed by atoms with Gasteiger partial charge in [-0.25, -0.2) is 12.9 Å². The summed E-state index contributed by atoms with van der Waals surface area (Å²) in [5, 5.41) is 2.63. The predicted octanol–water partition coefficient (Wildman–Crippen LogP) is 3.83. The van der Waals surface area contributed by atoms with Crippen LogP contribution in [0.15, 0.2) is 51.8 Å². The Morgan fingerprint density at radius 2 is 1.78 bits per heavy atom. The van der Waals surface area contributed by atoms with Crippen molar-refractivity contribution in [1.29, 1.82) is 0 Å². The number of carbonyl (C=O) groups is 2. The molecule has 0 bridgehead atoms. The standard InChI is InChI=1S/C12H14BrFN2O2S.C11H15NO/c1-9(17)15-4-6-16(7-5-15)19(18)12-3-2-10(13)8-11(12)14;1-9(2)11-5-3-10(4-6-11)7-12-8-13/h2-3,8H,4-7H2,1H3;3-6,8-9H,7H2,1-2H3,(H,12,13). The number of hydrogen-bond acceptors (Lipinski definition) is 3. The number of hydrogen-bond donors (Lipinski definition) is 1. The van der Waals surface area contributed by atoms with Gasteiger partial charge in [-0.1, -0.05) is 54.0 Å². The van der Waals surface area contributed by atoms with Gasteiger partial charge in [-0.05, 0) is 35.2 Å². The van der Waals surface area contributed by atoms with Crippen LogP contribution in [-0.4, -0.2) is 51.9 Å². The molecule has 1 aliphatic rings. The molecule has 1 saturated heterocycles. The molecule has 0 radical (unpaired) electrons. The van der Waals surface area contributed by atoms with E-state index in [4.69, 9.17) is 0 Å². The van der Waals surface area contributed by atoms with E-state index in [1.807, 2.05) is 12.1 Å². The minimum absolute atomic E-state index is 0.0141. The van der Waals surface area contributed by atoms with Gasteiger partial charge in [-0.2, -0.15) is 0 Å². The highest BCUT2D eigenvalue weighted by molar-refractivity contribution is 9.10. The second-order valence-corrected chi connectivity index (χ2v) is 10.0. The Hall–Kier alpha value is -2.10. The Bertz CT molecular complexity index is 933. The van der Waals surface area contributed by atoms with Crippen LogP contribution in [0.5, 0.6) is 0 Å². The Labute approximate surface area is 199 Å². The maximum atomic E-state index is 13.7. The zero-order valence-electron chi connectivity index (χ0n) is 18.5. The molecule has 2 amide bonds. The second kappa shape index (κ2) is 12.8. The number of halogens is 2. The first-order valence-corrected chi connectivity index (χ1v) is 12.3. The van der Waals surface area contributed by atoms with Gasteiger partial charge in [0.15, 0.2) is 0 Å². The fraction of sp³-hybridized carbons (Fsp3) is 0.391. The highest BCUT2D eigenvalue weighted by atomic mass is 79.9. The lowest BCUT2D eigenvalue weighted by atomic mass is 10.0. The van der Waals surface area contributed by atoms with E-state index in [1.165, 1.54) is 24.6 Å². The van der Waals surface area contributed by atoms with Gasteiger partial charge < -0.3 is 10.2 Å². The van der Waals surface area contributed by atoms with Gasteiger partial charge in [0.05, 0.1) is 4.90 Å². The van der Waals surface area contributed by atoms with Crippen LogP contribution in [-0.2, 0) is 27.1 Å². The number of amides is 2. The van der Waals surface area contributed by atoms with Crippen molar-refractivity contribution < 1.29 is 18.2 Å². The van der Waals surface area contributed by atoms with Crippen LogP contribution >= 0.6 is 15.9 Å². The van der Waals surface area contributed by atoms with Crippen LogP contribution in [0.1, 0.15) is 37.8 Å². The van der Waals surface area contributed by atoms with Crippen molar-refractivity contribution in [2.75, 3.05) is 26.2 Å². The smallest absolute Gasteiger partial charge is 0.219 e. The average molecular weight is 526 g/mol. The quantitative estimate of drug-likeness (QED) is 0.582. The summed E-state index contributed by atoms with van der Waals surface area (Å²) in [5.74, 6) is 0.0926. The fourth-order valence-electron chi connectivity index (χ4n) is 3.10. The summed E-state index contributed by atoms with van der Waals surface area (Å²) in [6, 6.07) is 12.8. The molecule has 0 aliphatic carbocycles. The first kappa shape index (κ1) is 26.2. The molecular weight excluding hydrogens is 497 g/mol. The molecule has 0 spiro atoms. The molecule has 1 heterocycles. The molecule has 3 rings (SSSR count). The summed E-state index contributed by atoms with van der Waals surface area (Å²) in [5.41, 5.74) is 2.46. The summed E-state index contributed by atoms with van der Waals surface area (Å²) in [6.07, 6.45) is 0.719. The van der Waals surface area contributed by atoms with E-state index < -0.39 is 16.8 Å². The molecule has 2 aromatic carbocycles. The lowest BCUT2D eigenvalue weighted by Crippen LogP contribution is -2.48. The lowest BCUT2D eigenvalue weighted by molar-refractivity contribution is -0.129. The summed E-state index contributed by atoms with van der Waals surface area (Å²) in [4.78, 5) is 23.1. The first-order valence-electron chi connectivity index (χ1n) is 10.4. The molecule has 1 aliphatic heterocycles. The Balaban J connectivity index is 0.000000244. The van der Waals surface area contributed by atoms with Crippen molar-refractivity contribution in [2.24, 2.45) is 0 Å². The molecule has 9 heteroatoms. The predicted molar refractivity (Wildman–Crippen MR) is 128 cm³/mol. The Morgan fingerprint density at radius 1 is 1.16 bits per heavy atom. The van der Waals surface area contributed by atoms with E-state index in [0.29, 0.717) is 43.1 Å². The van der Waals surface area contributed by atoms with Crippen LogP contribution < -0.4 is 5.32 Å². The molecule has 1 atom stereocenters. The van der Waals surface area contributed by atoms with Gasteiger partial charge in [0.1, 0.15) is 16.8 Å². The Morgan fingerprint density at radius 3 is 2.28 bits per heavy atom. The average Bonchev–Trinajstić information content (AvgIpc) is 2.78. The number of benzene rings is 2. The van der Waals surface area contributed by atoms with Gasteiger partial charge in [0.25, 0.3) is 0 Å². The molecule has 2 aromatic rings. The highest BCUT2D eigenvalue weighted by Gasteiger charge is 2.24. The van der Waals surface area contributed by atoms with E-state index in [0.717, 1.165) is 12.0 Å². The zero-order chi connectivity index (χ0) is 23.7. The lowest BCUT2D eigenvalue weighted by Gasteiger charge is -2.33. The molecular formula is C23H29BrFN3O3S. The Kier molecular flexibility index (Phi) is 10.5. The molecule has 32 heavy (non-hydrogen) atoms. The summed E-state index contributed by atoms with van der Waals surface area (Å²) < 4.78 is 28.3. The van der Waals surface area contributed by atoms with Crippen LogP contribution in [0.25, 0.3) is 0 Å². The molecule has 174 valence electrons. The van der Waals surface area contributed by atoms with Crippen LogP contribution in [0.3, 0.4) is 0 Å². The SMILES string of the molecule is CC(=O)N1CCN(S(=O)c2ccc(Br)cc2F)CC1.CC(C)c1ccc(CNC=O)cc1. The molecule has 0 aromatic heterocycles. The minimum atomic E-state index is -1.52. The van der Waals surface area contributed by atoms with Crippen molar-refractivity contribution in [3.63, 3.8) is 0 Å². The summed E-state index contributed by atoms with van der Waals surface area (Å²) in [6.45, 7) is 8.49. The van der Waals surface area contributed by atoms with Crippen molar-refractivity contribution in [2.45, 2.75) is 38.1 Å². The third-order valence-corrected chi connectivity index (χ3v) is 7.07. The molecule has 1 unspecified atom stereocenters. The first-order chi connectivity index (χ1) is 15.2. The van der Waals surface area contributed by atoms with E-state index >= 15 is 0 Å². The highest BCUT2D eigenvalue weighted by Crippen LogP contribution is 2.21. The monoisotopic (exact) mass is 525 g/mol. The summed E-state index contributed by atoms with van der Waals surface area (Å²) in [7, 11) is -1.52. The maximum absolute atomic E-state index is 13.7. The number of piperazine rings is 1. The molecule has 1 N–H and O–H groups in total. The third kappa shape index (κ3) is 7.79. The van der Waals surface area contributed by atoms with Crippen molar-refractivity contribution in [3.8, 4) is 0 Å². The van der Waals surface area contributed by atoms with Crippen LogP contribution in [0, 0.1) is 5.82 Å². The maximum Gasteiger partial charge on any atom is 0.219 e. The number of nitrogens with one attached hydrogen (secondary N) is 1. The van der Waals surface area contributed by atoms with Gasteiger partial charge in [-0.3, -0.25) is 9.59 Å². The second-order valence-electron chi connectivity index (χ2n) is 7.65. The van der Waals surface area contributed by atoms with Crippen molar-refractivity contribution >= 4 is 39.2 Å². The van der Waals surface area contributed by atoms with Gasteiger partial charge >= 0.3 is 0 Å². The molecule has 0 saturated carbocycles. The normalized spacial score (nSPS) is 15.0. The van der Waals surface area contributed by atoms with Crippen LogP contribution in [0.2, 0.25) is 0 Å². The molecule has 6 nitrogen and oxygen atoms in total. The number of carbonyl (C=O) groups excluding carboxylic acids is 2. The van der Waals surface area contributed by atoms with Crippen molar-refractivity contribution in [3.05, 3.63) is 63.9 Å². The largest absolute Gasteiger partial charge is 0.355 e. The van der Waals surface area contributed by atoms with E-state index in [1.54, 1.807) is 15.3 Å². The zero-order valence-corrected chi connectivity index (χ0v) is 20.9. The molecule has 1 fully saturated rings. The topological polar surface area (TPSA) is 69.7 Å². The van der Waals surface area contributed by atoms with Gasteiger partial charge in [-0.15, -0.1) is 0 Å². The van der Waals surface area contributed by atoms with Crippen molar-refractivity contribution in [1.82, 2.24) is 14.5 Å². The van der Waals surface area contributed by atoms with E-state index in [-0.39, 0.29) is 10.8 Å². The van der Waals surface area contributed by atoms with E-state index in [9.17, 15) is 18.2 Å². The van der Waals surface area contributed by atoms with Gasteiger partial charge in [0.2, 0.25) is 12.3 Å². The van der Waals surface area contributed by atoms with Crippen LogP contribution in [0.4, 0.5) is 4.39 Å². The number of rotatable bonds is 6. The minimum Gasteiger partial charge on any atom is -0.355 e. The third-order valence-electron chi connectivity index (χ3n) is 5.04.